The molecule has 0 unspecified atom stereocenters. The second kappa shape index (κ2) is 10.8. The average Bonchev–Trinajstić information content (AvgIpc) is 3.20. The molecular formula is C25H18Cl2FN3O5. The van der Waals surface area contributed by atoms with E-state index < -0.39 is 17.8 Å². The van der Waals surface area contributed by atoms with Crippen LogP contribution in [0.15, 0.2) is 61.1 Å². The summed E-state index contributed by atoms with van der Waals surface area (Å²) in [5, 5.41) is 2.90. The van der Waals surface area contributed by atoms with E-state index in [0.29, 0.717) is 10.9 Å². The number of nitrogens with one attached hydrogen (secondary N) is 1. The molecule has 0 fully saturated rings. The molecule has 184 valence electrons. The number of benzene rings is 2. The summed E-state index contributed by atoms with van der Waals surface area (Å²) in [4.78, 5) is 41.7. The topological polar surface area (TPSA) is 99.5 Å². The van der Waals surface area contributed by atoms with Gasteiger partial charge in [-0.15, -0.1) is 0 Å². The van der Waals surface area contributed by atoms with Crippen molar-refractivity contribution in [1.82, 2.24) is 9.55 Å². The molecule has 8 nitrogen and oxygen atoms in total. The molecule has 0 atom stereocenters. The van der Waals surface area contributed by atoms with Gasteiger partial charge in [0, 0.05) is 36.0 Å². The van der Waals surface area contributed by atoms with Gasteiger partial charge in [0.2, 0.25) is 0 Å². The number of rotatable bonds is 7. The van der Waals surface area contributed by atoms with E-state index in [1.165, 1.54) is 42.9 Å². The molecule has 11 heteroatoms. The number of fused-ring (bicyclic) bond motifs is 1. The normalized spacial score (nSPS) is 10.8. The summed E-state index contributed by atoms with van der Waals surface area (Å²) in [6.07, 6.45) is 3.15. The second-order valence-electron chi connectivity index (χ2n) is 7.52. The molecule has 0 aliphatic rings. The third-order valence-electron chi connectivity index (χ3n) is 5.12. The Morgan fingerprint density at radius 2 is 1.75 bits per heavy atom. The van der Waals surface area contributed by atoms with Gasteiger partial charge in [0.05, 0.1) is 27.9 Å². The molecule has 1 N–H and O–H groups in total. The standard InChI is InChI=1S/C25H18Cl2FN3O5/c1-2-35-25(34)36-16-7-8-21-17(9-16)18(13-31(21)12-14-3-5-15(28)6-4-14)23(32)24(33)30-22-19(26)10-29-11-20(22)27/h3-11,13H,2,12H2,1H3,(H,29,30,33). The molecule has 0 saturated carbocycles. The summed E-state index contributed by atoms with van der Waals surface area (Å²) in [5.41, 5.74) is 1.43. The van der Waals surface area contributed by atoms with Crippen molar-refractivity contribution >= 4 is 57.6 Å². The maximum absolute atomic E-state index is 13.3. The lowest BCUT2D eigenvalue weighted by Crippen LogP contribution is -2.23. The summed E-state index contributed by atoms with van der Waals surface area (Å²) in [7, 11) is 0. The monoisotopic (exact) mass is 529 g/mol. The molecule has 0 bridgehead atoms. The van der Waals surface area contributed by atoms with E-state index in [2.05, 4.69) is 10.3 Å². The first-order chi connectivity index (χ1) is 17.3. The third kappa shape index (κ3) is 5.48. The molecule has 4 rings (SSSR count). The van der Waals surface area contributed by atoms with Gasteiger partial charge in [0.25, 0.3) is 11.7 Å². The Labute approximate surface area is 214 Å². The molecule has 4 aromatic rings. The number of nitrogens with zero attached hydrogens (tertiary/aromatic N) is 2. The van der Waals surface area contributed by atoms with Crippen molar-refractivity contribution in [3.05, 3.63) is 88.0 Å². The Bertz CT molecular complexity index is 1450. The Balaban J connectivity index is 1.73. The van der Waals surface area contributed by atoms with Gasteiger partial charge in [-0.3, -0.25) is 14.6 Å². The van der Waals surface area contributed by atoms with Crippen molar-refractivity contribution in [2.24, 2.45) is 0 Å². The van der Waals surface area contributed by atoms with Gasteiger partial charge in [-0.1, -0.05) is 35.3 Å². The highest BCUT2D eigenvalue weighted by molar-refractivity contribution is 6.50. The van der Waals surface area contributed by atoms with Gasteiger partial charge in [0.1, 0.15) is 11.6 Å². The fourth-order valence-electron chi connectivity index (χ4n) is 3.50. The lowest BCUT2D eigenvalue weighted by atomic mass is 10.1. The molecule has 0 spiro atoms. The van der Waals surface area contributed by atoms with Gasteiger partial charge in [0.15, 0.2) is 0 Å². The van der Waals surface area contributed by atoms with Crippen LogP contribution in [0.2, 0.25) is 10.0 Å². The Morgan fingerprint density at radius 1 is 1.06 bits per heavy atom. The quantitative estimate of drug-likeness (QED) is 0.139. The van der Waals surface area contributed by atoms with Crippen molar-refractivity contribution in [3.8, 4) is 5.75 Å². The molecule has 2 heterocycles. The molecule has 0 aliphatic carbocycles. The van der Waals surface area contributed by atoms with Crippen LogP contribution in [0.4, 0.5) is 14.9 Å². The first kappa shape index (κ1) is 25.2. The number of carbonyl (C=O) groups is 3. The molecule has 1 amide bonds. The van der Waals surface area contributed by atoms with Gasteiger partial charge in [-0.05, 0) is 42.8 Å². The lowest BCUT2D eigenvalue weighted by Gasteiger charge is -2.08. The predicted octanol–water partition coefficient (Wildman–Crippen LogP) is 5.89. The van der Waals surface area contributed by atoms with Crippen LogP contribution in [0.25, 0.3) is 10.9 Å². The van der Waals surface area contributed by atoms with Crippen molar-refractivity contribution in [2.75, 3.05) is 11.9 Å². The molecule has 36 heavy (non-hydrogen) atoms. The van der Waals surface area contributed by atoms with Gasteiger partial charge >= 0.3 is 6.16 Å². The van der Waals surface area contributed by atoms with Gasteiger partial charge in [-0.25, -0.2) is 9.18 Å². The summed E-state index contributed by atoms with van der Waals surface area (Å²) in [5.74, 6) is -2.12. The highest BCUT2D eigenvalue weighted by Crippen LogP contribution is 2.31. The maximum Gasteiger partial charge on any atom is 0.513 e. The Morgan fingerprint density at radius 3 is 2.42 bits per heavy atom. The van der Waals surface area contributed by atoms with E-state index in [0.717, 1.165) is 5.56 Å². The number of pyridine rings is 1. The van der Waals surface area contributed by atoms with Crippen molar-refractivity contribution < 1.29 is 28.2 Å². The largest absolute Gasteiger partial charge is 0.513 e. The molecule has 0 saturated heterocycles. The number of ketones is 1. The van der Waals surface area contributed by atoms with Crippen LogP contribution in [0, 0.1) is 5.82 Å². The highest BCUT2D eigenvalue weighted by atomic mass is 35.5. The van der Waals surface area contributed by atoms with Crippen LogP contribution in [-0.4, -0.2) is 34.0 Å². The molecule has 2 aromatic heterocycles. The van der Waals surface area contributed by atoms with Crippen LogP contribution < -0.4 is 10.1 Å². The van der Waals surface area contributed by atoms with Crippen molar-refractivity contribution in [1.29, 1.82) is 0 Å². The summed E-state index contributed by atoms with van der Waals surface area (Å²) >= 11 is 12.1. The van der Waals surface area contributed by atoms with E-state index in [1.807, 2.05) is 0 Å². The minimum Gasteiger partial charge on any atom is -0.434 e. The van der Waals surface area contributed by atoms with Gasteiger partial charge < -0.3 is 19.4 Å². The van der Waals surface area contributed by atoms with E-state index in [4.69, 9.17) is 32.7 Å². The smallest absolute Gasteiger partial charge is 0.434 e. The second-order valence-corrected chi connectivity index (χ2v) is 8.34. The average molecular weight is 530 g/mol. The van der Waals surface area contributed by atoms with E-state index >= 15 is 0 Å². The lowest BCUT2D eigenvalue weighted by molar-refractivity contribution is -0.112. The number of Topliss-reactive ketones (excluding diaryl/α,β-unsaturated/α-hetero) is 1. The summed E-state index contributed by atoms with van der Waals surface area (Å²) in [6, 6.07) is 10.5. The maximum atomic E-state index is 13.3. The zero-order valence-electron chi connectivity index (χ0n) is 18.8. The number of ether oxygens (including phenoxy) is 2. The fourth-order valence-corrected chi connectivity index (χ4v) is 3.96. The van der Waals surface area contributed by atoms with Crippen molar-refractivity contribution in [2.45, 2.75) is 13.5 Å². The SMILES string of the molecule is CCOC(=O)Oc1ccc2c(c1)c(C(=O)C(=O)Nc1c(Cl)cncc1Cl)cn2Cc1ccc(F)cc1. The molecular weight excluding hydrogens is 512 g/mol. The van der Waals surface area contributed by atoms with Crippen LogP contribution in [0.3, 0.4) is 0 Å². The Kier molecular flexibility index (Phi) is 7.52. The highest BCUT2D eigenvalue weighted by Gasteiger charge is 2.24. The predicted molar refractivity (Wildman–Crippen MR) is 132 cm³/mol. The zero-order chi connectivity index (χ0) is 25.8. The number of carbonyl (C=O) groups excluding carboxylic acids is 3. The number of halogens is 3. The number of hydrogen-bond donors (Lipinski definition) is 1. The first-order valence-corrected chi connectivity index (χ1v) is 11.4. The zero-order valence-corrected chi connectivity index (χ0v) is 20.3. The van der Waals surface area contributed by atoms with E-state index in [1.54, 1.807) is 29.7 Å². The minimum atomic E-state index is -0.984. The number of hydrogen-bond acceptors (Lipinski definition) is 6. The van der Waals surface area contributed by atoms with Crippen LogP contribution in [0.1, 0.15) is 22.8 Å². The van der Waals surface area contributed by atoms with E-state index in [9.17, 15) is 18.8 Å². The minimum absolute atomic E-state index is 0.0419. The molecule has 2 aromatic carbocycles. The number of aromatic nitrogens is 2. The van der Waals surface area contributed by atoms with Crippen LogP contribution >= 0.6 is 23.2 Å². The van der Waals surface area contributed by atoms with Crippen molar-refractivity contribution in [3.63, 3.8) is 0 Å². The van der Waals surface area contributed by atoms with Crippen LogP contribution in [-0.2, 0) is 16.1 Å². The van der Waals surface area contributed by atoms with E-state index in [-0.39, 0.29) is 46.0 Å². The molecule has 0 aliphatic heterocycles. The third-order valence-corrected chi connectivity index (χ3v) is 5.70. The number of anilines is 1. The summed E-state index contributed by atoms with van der Waals surface area (Å²) < 4.78 is 25.0. The molecule has 0 radical (unpaired) electrons. The first-order valence-electron chi connectivity index (χ1n) is 10.6. The Hall–Kier alpha value is -3.95. The fraction of sp³-hybridized carbons (Fsp3) is 0.120. The van der Waals surface area contributed by atoms with Gasteiger partial charge in [-0.2, -0.15) is 0 Å². The van der Waals surface area contributed by atoms with Crippen LogP contribution in [0.5, 0.6) is 5.75 Å². The summed E-state index contributed by atoms with van der Waals surface area (Å²) in [6.45, 7) is 2.04. The number of amides is 1.